The molecule has 1 aromatic carbocycles. The van der Waals surface area contributed by atoms with Crippen LogP contribution in [0.15, 0.2) is 30.3 Å². The molecule has 0 bridgehead atoms. The standard InChI is InChI=1S/C14H20N2O2/c1-11-6-5-7-12(16-11)10-15-14(17)18-13-8-3-2-4-9-13/h2-4,8-9,11-12,16H,5-7,10H2,1H3,(H,15,17). The molecule has 1 aliphatic heterocycles. The summed E-state index contributed by atoms with van der Waals surface area (Å²) in [5.74, 6) is 0.569. The first-order valence-electron chi connectivity index (χ1n) is 6.51. The second-order valence-corrected chi connectivity index (χ2v) is 4.78. The summed E-state index contributed by atoms with van der Waals surface area (Å²) in [6.07, 6.45) is 3.15. The summed E-state index contributed by atoms with van der Waals surface area (Å²) in [5.41, 5.74) is 0. The number of carbonyl (C=O) groups excluding carboxylic acids is 1. The van der Waals surface area contributed by atoms with Crippen LogP contribution in [-0.4, -0.2) is 24.7 Å². The Balaban J connectivity index is 1.71. The van der Waals surface area contributed by atoms with Crippen molar-refractivity contribution in [2.45, 2.75) is 38.3 Å². The molecule has 1 saturated heterocycles. The van der Waals surface area contributed by atoms with Crippen LogP contribution in [0.1, 0.15) is 26.2 Å². The molecule has 4 heteroatoms. The average molecular weight is 248 g/mol. The van der Waals surface area contributed by atoms with Crippen LogP contribution in [-0.2, 0) is 0 Å². The molecule has 2 atom stereocenters. The Morgan fingerprint density at radius 3 is 2.89 bits per heavy atom. The highest BCUT2D eigenvalue weighted by Crippen LogP contribution is 2.12. The van der Waals surface area contributed by atoms with E-state index < -0.39 is 0 Å². The average Bonchev–Trinajstić information content (AvgIpc) is 2.38. The van der Waals surface area contributed by atoms with Crippen LogP contribution < -0.4 is 15.4 Å². The summed E-state index contributed by atoms with van der Waals surface area (Å²) in [5, 5.41) is 6.26. The highest BCUT2D eigenvalue weighted by Gasteiger charge is 2.18. The number of rotatable bonds is 3. The Hall–Kier alpha value is -1.55. The van der Waals surface area contributed by atoms with E-state index in [1.807, 2.05) is 18.2 Å². The molecule has 1 amide bonds. The molecule has 0 aliphatic carbocycles. The quantitative estimate of drug-likeness (QED) is 0.863. The molecule has 4 nitrogen and oxygen atoms in total. The van der Waals surface area contributed by atoms with E-state index in [4.69, 9.17) is 4.74 Å². The predicted molar refractivity (Wildman–Crippen MR) is 70.7 cm³/mol. The van der Waals surface area contributed by atoms with Gasteiger partial charge in [-0.1, -0.05) is 24.6 Å². The maximum atomic E-state index is 11.6. The molecular formula is C14H20N2O2. The van der Waals surface area contributed by atoms with E-state index in [2.05, 4.69) is 17.6 Å². The van der Waals surface area contributed by atoms with Gasteiger partial charge in [-0.3, -0.25) is 0 Å². The highest BCUT2D eigenvalue weighted by atomic mass is 16.6. The number of benzene rings is 1. The number of nitrogens with one attached hydrogen (secondary N) is 2. The monoisotopic (exact) mass is 248 g/mol. The number of ether oxygens (including phenoxy) is 1. The number of hydrogen-bond donors (Lipinski definition) is 2. The predicted octanol–water partition coefficient (Wildman–Crippen LogP) is 2.31. The van der Waals surface area contributed by atoms with Gasteiger partial charge in [0, 0.05) is 18.6 Å². The summed E-state index contributed by atoms with van der Waals surface area (Å²) in [6, 6.07) is 9.99. The van der Waals surface area contributed by atoms with Crippen molar-refractivity contribution in [2.75, 3.05) is 6.54 Å². The summed E-state index contributed by atoms with van der Waals surface area (Å²) < 4.78 is 5.15. The van der Waals surface area contributed by atoms with E-state index in [1.165, 1.54) is 12.8 Å². The lowest BCUT2D eigenvalue weighted by Crippen LogP contribution is -2.47. The van der Waals surface area contributed by atoms with Gasteiger partial charge in [-0.15, -0.1) is 0 Å². The van der Waals surface area contributed by atoms with Crippen molar-refractivity contribution in [3.63, 3.8) is 0 Å². The molecule has 0 aromatic heterocycles. The lowest BCUT2D eigenvalue weighted by Gasteiger charge is -2.28. The Morgan fingerprint density at radius 1 is 1.39 bits per heavy atom. The van der Waals surface area contributed by atoms with E-state index in [-0.39, 0.29) is 6.09 Å². The Labute approximate surface area is 108 Å². The molecule has 2 N–H and O–H groups in total. The van der Waals surface area contributed by atoms with Crippen molar-refractivity contribution in [3.05, 3.63) is 30.3 Å². The molecule has 2 rings (SSSR count). The molecule has 1 aromatic rings. The summed E-state index contributed by atoms with van der Waals surface area (Å²) in [6.45, 7) is 2.80. The van der Waals surface area contributed by atoms with Crippen LogP contribution in [0.3, 0.4) is 0 Å². The lowest BCUT2D eigenvalue weighted by molar-refractivity contribution is 0.197. The fourth-order valence-corrected chi connectivity index (χ4v) is 2.24. The third-order valence-electron chi connectivity index (χ3n) is 3.16. The van der Waals surface area contributed by atoms with E-state index in [0.29, 0.717) is 24.4 Å². The Kier molecular flexibility index (Phi) is 4.59. The molecule has 18 heavy (non-hydrogen) atoms. The van der Waals surface area contributed by atoms with Gasteiger partial charge in [0.1, 0.15) is 5.75 Å². The molecule has 0 spiro atoms. The number of carbonyl (C=O) groups is 1. The maximum Gasteiger partial charge on any atom is 0.412 e. The van der Waals surface area contributed by atoms with Gasteiger partial charge in [-0.05, 0) is 31.9 Å². The lowest BCUT2D eigenvalue weighted by atomic mass is 10.00. The smallest absolute Gasteiger partial charge is 0.410 e. The van der Waals surface area contributed by atoms with Crippen molar-refractivity contribution in [2.24, 2.45) is 0 Å². The van der Waals surface area contributed by atoms with Crippen molar-refractivity contribution in [1.82, 2.24) is 10.6 Å². The van der Waals surface area contributed by atoms with Gasteiger partial charge >= 0.3 is 6.09 Å². The van der Waals surface area contributed by atoms with Crippen LogP contribution in [0.25, 0.3) is 0 Å². The zero-order valence-corrected chi connectivity index (χ0v) is 10.7. The number of piperidine rings is 1. The van der Waals surface area contributed by atoms with Crippen LogP contribution in [0.2, 0.25) is 0 Å². The summed E-state index contributed by atoms with van der Waals surface area (Å²) in [4.78, 5) is 11.6. The van der Waals surface area contributed by atoms with Gasteiger partial charge < -0.3 is 15.4 Å². The molecule has 1 fully saturated rings. The minimum Gasteiger partial charge on any atom is -0.410 e. The minimum absolute atomic E-state index is 0.358. The van der Waals surface area contributed by atoms with Crippen molar-refractivity contribution in [3.8, 4) is 5.75 Å². The van der Waals surface area contributed by atoms with Crippen LogP contribution in [0.4, 0.5) is 4.79 Å². The molecular weight excluding hydrogens is 228 g/mol. The van der Waals surface area contributed by atoms with Crippen LogP contribution in [0.5, 0.6) is 5.75 Å². The number of para-hydroxylation sites is 1. The maximum absolute atomic E-state index is 11.6. The molecule has 0 saturated carbocycles. The third kappa shape index (κ3) is 4.04. The van der Waals surface area contributed by atoms with Gasteiger partial charge in [-0.2, -0.15) is 0 Å². The first kappa shape index (κ1) is 12.9. The topological polar surface area (TPSA) is 50.4 Å². The van der Waals surface area contributed by atoms with Gasteiger partial charge in [0.25, 0.3) is 0 Å². The van der Waals surface area contributed by atoms with E-state index >= 15 is 0 Å². The Bertz CT molecular complexity index is 381. The summed E-state index contributed by atoms with van der Waals surface area (Å²) >= 11 is 0. The number of hydrogen-bond acceptors (Lipinski definition) is 3. The number of amides is 1. The summed E-state index contributed by atoms with van der Waals surface area (Å²) in [7, 11) is 0. The molecule has 0 radical (unpaired) electrons. The molecule has 1 heterocycles. The van der Waals surface area contributed by atoms with Gasteiger partial charge in [0.05, 0.1) is 0 Å². The second kappa shape index (κ2) is 6.40. The van der Waals surface area contributed by atoms with Crippen molar-refractivity contribution < 1.29 is 9.53 Å². The van der Waals surface area contributed by atoms with Crippen LogP contribution in [0, 0.1) is 0 Å². The fraction of sp³-hybridized carbons (Fsp3) is 0.500. The van der Waals surface area contributed by atoms with E-state index in [9.17, 15) is 4.79 Å². The zero-order chi connectivity index (χ0) is 12.8. The van der Waals surface area contributed by atoms with E-state index in [0.717, 1.165) is 6.42 Å². The fourth-order valence-electron chi connectivity index (χ4n) is 2.24. The third-order valence-corrected chi connectivity index (χ3v) is 3.16. The highest BCUT2D eigenvalue weighted by molar-refractivity contribution is 5.70. The molecule has 2 unspecified atom stereocenters. The first-order chi connectivity index (χ1) is 8.74. The second-order valence-electron chi connectivity index (χ2n) is 4.78. The van der Waals surface area contributed by atoms with Crippen molar-refractivity contribution >= 4 is 6.09 Å². The Morgan fingerprint density at radius 2 is 2.17 bits per heavy atom. The van der Waals surface area contributed by atoms with Gasteiger partial charge in [0.15, 0.2) is 0 Å². The van der Waals surface area contributed by atoms with Crippen LogP contribution >= 0.6 is 0 Å². The van der Waals surface area contributed by atoms with Gasteiger partial charge in [-0.25, -0.2) is 4.79 Å². The van der Waals surface area contributed by atoms with Crippen molar-refractivity contribution in [1.29, 1.82) is 0 Å². The minimum atomic E-state index is -0.388. The molecule has 1 aliphatic rings. The first-order valence-corrected chi connectivity index (χ1v) is 6.51. The van der Waals surface area contributed by atoms with E-state index in [1.54, 1.807) is 12.1 Å². The zero-order valence-electron chi connectivity index (χ0n) is 10.7. The SMILES string of the molecule is CC1CCCC(CNC(=O)Oc2ccccc2)N1. The largest absolute Gasteiger partial charge is 0.412 e. The normalized spacial score (nSPS) is 23.4. The molecule has 98 valence electrons. The van der Waals surface area contributed by atoms with Gasteiger partial charge in [0.2, 0.25) is 0 Å².